The van der Waals surface area contributed by atoms with Crippen LogP contribution in [0.3, 0.4) is 0 Å². The number of fused-ring (bicyclic) bond motifs is 1. The van der Waals surface area contributed by atoms with Crippen molar-refractivity contribution >= 4 is 17.2 Å². The molecule has 2 heteroatoms. The van der Waals surface area contributed by atoms with Crippen molar-refractivity contribution in [3.8, 4) is 0 Å². The van der Waals surface area contributed by atoms with Gasteiger partial charge in [-0.2, -0.15) is 0 Å². The Morgan fingerprint density at radius 1 is 1.43 bits per heavy atom. The van der Waals surface area contributed by atoms with Crippen molar-refractivity contribution < 1.29 is 4.79 Å². The van der Waals surface area contributed by atoms with Crippen molar-refractivity contribution in [1.82, 2.24) is 4.57 Å². The highest BCUT2D eigenvalue weighted by Gasteiger charge is 2.07. The summed E-state index contributed by atoms with van der Waals surface area (Å²) in [7, 11) is 0. The number of carbonyl (C=O) groups is 1. The normalized spacial score (nSPS) is 10.7. The summed E-state index contributed by atoms with van der Waals surface area (Å²) < 4.78 is 2.17. The Balaban J connectivity index is 2.89. The van der Waals surface area contributed by atoms with Crippen LogP contribution in [0.15, 0.2) is 24.3 Å². The van der Waals surface area contributed by atoms with E-state index in [-0.39, 0.29) is 0 Å². The van der Waals surface area contributed by atoms with Gasteiger partial charge in [-0.15, -0.1) is 0 Å². The summed E-state index contributed by atoms with van der Waals surface area (Å²) in [5, 5.41) is 1.15. The van der Waals surface area contributed by atoms with Crippen LogP contribution < -0.4 is 0 Å². The van der Waals surface area contributed by atoms with Gasteiger partial charge in [0.15, 0.2) is 6.29 Å². The van der Waals surface area contributed by atoms with Crippen molar-refractivity contribution in [2.24, 2.45) is 0 Å². The van der Waals surface area contributed by atoms with Crippen LogP contribution in [0.25, 0.3) is 10.9 Å². The van der Waals surface area contributed by atoms with Gasteiger partial charge in [-0.05, 0) is 26.0 Å². The molecule has 72 valence electrons. The van der Waals surface area contributed by atoms with Crippen LogP contribution in [0.1, 0.15) is 23.0 Å². The fraction of sp³-hybridized carbons (Fsp3) is 0.250. The average Bonchev–Trinajstić information content (AvgIpc) is 2.52. The van der Waals surface area contributed by atoms with E-state index in [4.69, 9.17) is 0 Å². The van der Waals surface area contributed by atoms with Crippen LogP contribution in [0.2, 0.25) is 0 Å². The maximum Gasteiger partial charge on any atom is 0.152 e. The number of nitrogens with zero attached hydrogens (tertiary/aromatic N) is 1. The smallest absolute Gasteiger partial charge is 0.152 e. The molecule has 0 N–H and O–H groups in total. The van der Waals surface area contributed by atoms with Crippen molar-refractivity contribution in [2.45, 2.75) is 20.4 Å². The Bertz CT molecular complexity index is 482. The van der Waals surface area contributed by atoms with Crippen LogP contribution in [-0.2, 0) is 6.54 Å². The summed E-state index contributed by atoms with van der Waals surface area (Å²) in [6.07, 6.45) is 0.925. The highest BCUT2D eigenvalue weighted by molar-refractivity contribution is 5.96. The van der Waals surface area contributed by atoms with Gasteiger partial charge in [0.25, 0.3) is 0 Å². The molecule has 1 heterocycles. The van der Waals surface area contributed by atoms with E-state index in [1.165, 1.54) is 5.69 Å². The van der Waals surface area contributed by atoms with E-state index in [1.807, 2.05) is 18.2 Å². The quantitative estimate of drug-likeness (QED) is 0.662. The summed E-state index contributed by atoms with van der Waals surface area (Å²) in [5.41, 5.74) is 3.04. The molecule has 0 unspecified atom stereocenters. The molecule has 2 aromatic rings. The van der Waals surface area contributed by atoms with Gasteiger partial charge in [0.1, 0.15) is 0 Å². The van der Waals surface area contributed by atoms with E-state index in [1.54, 1.807) is 0 Å². The van der Waals surface area contributed by atoms with Gasteiger partial charge in [0, 0.05) is 23.2 Å². The average molecular weight is 187 g/mol. The summed E-state index contributed by atoms with van der Waals surface area (Å²) in [5.74, 6) is 0. The predicted molar refractivity (Wildman–Crippen MR) is 57.7 cm³/mol. The molecular weight excluding hydrogens is 174 g/mol. The van der Waals surface area contributed by atoms with E-state index < -0.39 is 0 Å². The van der Waals surface area contributed by atoms with Gasteiger partial charge in [-0.3, -0.25) is 4.79 Å². The molecule has 0 bridgehead atoms. The number of para-hydroxylation sites is 1. The number of carbonyl (C=O) groups excluding carboxylic acids is 1. The van der Waals surface area contributed by atoms with Gasteiger partial charge in [0.2, 0.25) is 0 Å². The molecular formula is C12H13NO. The Kier molecular flexibility index (Phi) is 2.12. The molecule has 0 fully saturated rings. The van der Waals surface area contributed by atoms with E-state index >= 15 is 0 Å². The molecule has 2 rings (SSSR count). The highest BCUT2D eigenvalue weighted by Crippen LogP contribution is 2.22. The van der Waals surface area contributed by atoms with Gasteiger partial charge < -0.3 is 4.57 Å². The molecule has 0 amide bonds. The number of hydrogen-bond donors (Lipinski definition) is 0. The lowest BCUT2D eigenvalue weighted by atomic mass is 10.1. The minimum absolute atomic E-state index is 0.775. The molecule has 0 saturated heterocycles. The number of aromatic nitrogens is 1. The first kappa shape index (κ1) is 9.00. The molecule has 0 saturated carbocycles. The van der Waals surface area contributed by atoms with Gasteiger partial charge in [0.05, 0.1) is 5.52 Å². The van der Waals surface area contributed by atoms with E-state index in [2.05, 4.69) is 24.5 Å². The molecule has 0 aliphatic rings. The van der Waals surface area contributed by atoms with Gasteiger partial charge in [-0.25, -0.2) is 0 Å². The van der Waals surface area contributed by atoms with Crippen molar-refractivity contribution in [1.29, 1.82) is 0 Å². The number of aldehydes is 1. The third-order valence-electron chi connectivity index (χ3n) is 2.60. The fourth-order valence-electron chi connectivity index (χ4n) is 1.99. The monoisotopic (exact) mass is 187 g/mol. The molecule has 0 aliphatic carbocycles. The van der Waals surface area contributed by atoms with Crippen molar-refractivity contribution in [3.05, 3.63) is 35.5 Å². The van der Waals surface area contributed by atoms with Crippen LogP contribution in [0.4, 0.5) is 0 Å². The van der Waals surface area contributed by atoms with Gasteiger partial charge >= 0.3 is 0 Å². The standard InChI is InChI=1S/C12H13NO/c1-3-13-9(2)7-10-5-4-6-11(8-14)12(10)13/h4-8H,3H2,1-2H3. The summed E-state index contributed by atoms with van der Waals surface area (Å²) in [6.45, 7) is 5.06. The topological polar surface area (TPSA) is 22.0 Å². The first-order valence-electron chi connectivity index (χ1n) is 4.82. The first-order chi connectivity index (χ1) is 6.77. The summed E-state index contributed by atoms with van der Waals surface area (Å²) in [6, 6.07) is 7.94. The summed E-state index contributed by atoms with van der Waals surface area (Å²) >= 11 is 0. The zero-order valence-corrected chi connectivity index (χ0v) is 8.45. The lowest BCUT2D eigenvalue weighted by molar-refractivity contribution is 0.112. The second kappa shape index (κ2) is 3.29. The SMILES string of the molecule is CCn1c(C)cc2cccc(C=O)c21. The number of aryl methyl sites for hydroxylation is 2. The molecule has 0 radical (unpaired) electrons. The van der Waals surface area contributed by atoms with Crippen LogP contribution in [-0.4, -0.2) is 10.9 Å². The Morgan fingerprint density at radius 2 is 2.21 bits per heavy atom. The third kappa shape index (κ3) is 1.15. The first-order valence-corrected chi connectivity index (χ1v) is 4.82. The number of hydrogen-bond acceptors (Lipinski definition) is 1. The zero-order chi connectivity index (χ0) is 10.1. The molecule has 0 atom stereocenters. The van der Waals surface area contributed by atoms with Crippen LogP contribution in [0.5, 0.6) is 0 Å². The lowest BCUT2D eigenvalue weighted by Gasteiger charge is -2.05. The minimum Gasteiger partial charge on any atom is -0.345 e. The highest BCUT2D eigenvalue weighted by atomic mass is 16.1. The van der Waals surface area contributed by atoms with Crippen molar-refractivity contribution in [2.75, 3.05) is 0 Å². The molecule has 2 nitrogen and oxygen atoms in total. The Morgan fingerprint density at radius 3 is 2.86 bits per heavy atom. The molecule has 1 aromatic heterocycles. The third-order valence-corrected chi connectivity index (χ3v) is 2.60. The van der Waals surface area contributed by atoms with Crippen LogP contribution in [0, 0.1) is 6.92 Å². The van der Waals surface area contributed by atoms with E-state index in [0.29, 0.717) is 0 Å². The second-order valence-corrected chi connectivity index (χ2v) is 3.43. The van der Waals surface area contributed by atoms with Crippen LogP contribution >= 0.6 is 0 Å². The maximum atomic E-state index is 10.9. The number of benzene rings is 1. The molecule has 0 aliphatic heterocycles. The number of rotatable bonds is 2. The van der Waals surface area contributed by atoms with Crippen molar-refractivity contribution in [3.63, 3.8) is 0 Å². The minimum atomic E-state index is 0.775. The lowest BCUT2D eigenvalue weighted by Crippen LogP contribution is -1.98. The van der Waals surface area contributed by atoms with Gasteiger partial charge in [-0.1, -0.05) is 12.1 Å². The predicted octanol–water partition coefficient (Wildman–Crippen LogP) is 2.78. The second-order valence-electron chi connectivity index (χ2n) is 3.43. The fourth-order valence-corrected chi connectivity index (χ4v) is 1.99. The molecule has 14 heavy (non-hydrogen) atoms. The Hall–Kier alpha value is -1.57. The largest absolute Gasteiger partial charge is 0.345 e. The molecule has 1 aromatic carbocycles. The summed E-state index contributed by atoms with van der Waals surface area (Å²) in [4.78, 5) is 10.9. The maximum absolute atomic E-state index is 10.9. The Labute approximate surface area is 83.2 Å². The van der Waals surface area contributed by atoms with E-state index in [0.717, 1.165) is 29.3 Å². The van der Waals surface area contributed by atoms with E-state index in [9.17, 15) is 4.79 Å². The zero-order valence-electron chi connectivity index (χ0n) is 8.45. The molecule has 0 spiro atoms.